The second-order valence-corrected chi connectivity index (χ2v) is 8.63. The number of nitriles is 1. The average molecular weight is 497 g/mol. The van der Waals surface area contributed by atoms with Gasteiger partial charge in [-0.15, -0.1) is 0 Å². The summed E-state index contributed by atoms with van der Waals surface area (Å²) in [7, 11) is 1.55. The van der Waals surface area contributed by atoms with E-state index in [1.54, 1.807) is 74.7 Å². The van der Waals surface area contributed by atoms with Gasteiger partial charge in [-0.3, -0.25) is 19.3 Å². The molecule has 1 aliphatic heterocycles. The monoisotopic (exact) mass is 496 g/mol. The number of anilines is 1. The molecule has 0 aliphatic carbocycles. The Bertz CT molecular complexity index is 1480. The number of Topliss-reactive ketones (excluding diaryl/α,β-unsaturated/α-hetero) is 1. The fraction of sp³-hybridized carbons (Fsp3) is 0.172. The van der Waals surface area contributed by atoms with E-state index in [0.29, 0.717) is 39.4 Å². The van der Waals surface area contributed by atoms with Crippen LogP contribution in [0.15, 0.2) is 66.2 Å². The smallest absolute Gasteiger partial charge is 0.308 e. The second-order valence-electron chi connectivity index (χ2n) is 8.63. The number of amides is 1. The maximum absolute atomic E-state index is 13.4. The molecule has 0 saturated carbocycles. The summed E-state index contributed by atoms with van der Waals surface area (Å²) in [5.74, 6) is -1.53. The number of aliphatic hydroxyl groups is 1. The third kappa shape index (κ3) is 4.67. The minimum atomic E-state index is -0.971. The van der Waals surface area contributed by atoms with Crippen molar-refractivity contribution in [3.63, 3.8) is 0 Å². The zero-order valence-electron chi connectivity index (χ0n) is 20.7. The van der Waals surface area contributed by atoms with Gasteiger partial charge in [-0.05, 0) is 79.1 Å². The van der Waals surface area contributed by atoms with Crippen LogP contribution in [0.4, 0.5) is 5.69 Å². The highest BCUT2D eigenvalue weighted by molar-refractivity contribution is 6.51. The highest BCUT2D eigenvalue weighted by Gasteiger charge is 2.47. The maximum atomic E-state index is 13.4. The molecule has 0 spiro atoms. The van der Waals surface area contributed by atoms with E-state index in [-0.39, 0.29) is 11.3 Å². The van der Waals surface area contributed by atoms with Crippen LogP contribution in [-0.2, 0) is 14.4 Å². The quantitative estimate of drug-likeness (QED) is 0.178. The van der Waals surface area contributed by atoms with Crippen LogP contribution >= 0.6 is 0 Å². The molecule has 1 amide bonds. The Kier molecular flexibility index (Phi) is 6.81. The Morgan fingerprint density at radius 1 is 1.00 bits per heavy atom. The van der Waals surface area contributed by atoms with E-state index in [0.717, 1.165) is 5.56 Å². The number of aryl methyl sites for hydroxylation is 2. The van der Waals surface area contributed by atoms with Crippen molar-refractivity contribution in [1.29, 1.82) is 5.26 Å². The van der Waals surface area contributed by atoms with Crippen LogP contribution in [0.3, 0.4) is 0 Å². The first kappa shape index (κ1) is 25.2. The molecule has 0 bridgehead atoms. The molecule has 186 valence electrons. The molecular formula is C29H24N2O6. The Hall–Kier alpha value is -4.90. The minimum Gasteiger partial charge on any atom is -0.507 e. The summed E-state index contributed by atoms with van der Waals surface area (Å²) in [6.45, 7) is 4.87. The van der Waals surface area contributed by atoms with Gasteiger partial charge in [-0.1, -0.05) is 12.1 Å². The molecule has 1 saturated heterocycles. The molecule has 0 radical (unpaired) electrons. The van der Waals surface area contributed by atoms with Crippen molar-refractivity contribution < 1.29 is 29.0 Å². The number of nitrogens with zero attached hydrogens (tertiary/aromatic N) is 2. The van der Waals surface area contributed by atoms with Gasteiger partial charge >= 0.3 is 5.97 Å². The van der Waals surface area contributed by atoms with E-state index in [2.05, 4.69) is 0 Å². The molecule has 3 aromatic carbocycles. The number of hydrogen-bond donors (Lipinski definition) is 1. The molecule has 3 aromatic rings. The zero-order chi connectivity index (χ0) is 26.9. The van der Waals surface area contributed by atoms with Gasteiger partial charge < -0.3 is 14.6 Å². The number of rotatable bonds is 5. The Labute approximate surface area is 214 Å². The van der Waals surface area contributed by atoms with Crippen LogP contribution < -0.4 is 14.4 Å². The zero-order valence-corrected chi connectivity index (χ0v) is 20.7. The lowest BCUT2D eigenvalue weighted by Gasteiger charge is -2.26. The van der Waals surface area contributed by atoms with Crippen molar-refractivity contribution in [3.8, 4) is 17.6 Å². The fourth-order valence-electron chi connectivity index (χ4n) is 4.40. The summed E-state index contributed by atoms with van der Waals surface area (Å²) in [4.78, 5) is 39.4. The maximum Gasteiger partial charge on any atom is 0.308 e. The third-order valence-electron chi connectivity index (χ3n) is 6.17. The van der Waals surface area contributed by atoms with Gasteiger partial charge in [0.1, 0.15) is 17.3 Å². The molecule has 1 N–H and O–H groups in total. The fourth-order valence-corrected chi connectivity index (χ4v) is 4.40. The lowest BCUT2D eigenvalue weighted by atomic mass is 9.93. The predicted octanol–water partition coefficient (Wildman–Crippen LogP) is 4.74. The van der Waals surface area contributed by atoms with E-state index in [1.165, 1.54) is 11.8 Å². The Morgan fingerprint density at radius 3 is 2.22 bits per heavy atom. The highest BCUT2D eigenvalue weighted by atomic mass is 16.5. The lowest BCUT2D eigenvalue weighted by Crippen LogP contribution is -2.29. The van der Waals surface area contributed by atoms with Crippen molar-refractivity contribution in [2.75, 3.05) is 12.0 Å². The van der Waals surface area contributed by atoms with E-state index in [9.17, 15) is 19.5 Å². The average Bonchev–Trinajstić information content (AvgIpc) is 3.15. The van der Waals surface area contributed by atoms with Gasteiger partial charge in [0.15, 0.2) is 0 Å². The van der Waals surface area contributed by atoms with Gasteiger partial charge in [-0.2, -0.15) is 5.26 Å². The number of methoxy groups -OCH3 is 1. The predicted molar refractivity (Wildman–Crippen MR) is 136 cm³/mol. The number of carbonyl (C=O) groups excluding carboxylic acids is 3. The lowest BCUT2D eigenvalue weighted by molar-refractivity contribution is -0.132. The van der Waals surface area contributed by atoms with Crippen molar-refractivity contribution in [2.45, 2.75) is 26.8 Å². The van der Waals surface area contributed by atoms with Crippen molar-refractivity contribution in [1.82, 2.24) is 0 Å². The molecule has 1 atom stereocenters. The number of aliphatic hydroxyl groups excluding tert-OH is 1. The number of esters is 1. The number of ether oxygens (including phenoxy) is 2. The molecule has 4 rings (SSSR count). The molecular weight excluding hydrogens is 472 g/mol. The van der Waals surface area contributed by atoms with Crippen LogP contribution in [-0.4, -0.2) is 29.9 Å². The number of hydrogen-bond acceptors (Lipinski definition) is 7. The first-order valence-electron chi connectivity index (χ1n) is 11.4. The second kappa shape index (κ2) is 9.99. The summed E-state index contributed by atoms with van der Waals surface area (Å²) in [5, 5.41) is 20.6. The van der Waals surface area contributed by atoms with Gasteiger partial charge in [0, 0.05) is 18.2 Å². The molecule has 1 aliphatic rings. The first-order valence-corrected chi connectivity index (χ1v) is 11.4. The van der Waals surface area contributed by atoms with Crippen molar-refractivity contribution >= 4 is 29.1 Å². The number of ketones is 1. The molecule has 0 aromatic heterocycles. The van der Waals surface area contributed by atoms with Crippen LogP contribution in [0.25, 0.3) is 5.76 Å². The Balaban J connectivity index is 1.93. The van der Waals surface area contributed by atoms with Crippen molar-refractivity contribution in [3.05, 3.63) is 94.1 Å². The largest absolute Gasteiger partial charge is 0.507 e. The summed E-state index contributed by atoms with van der Waals surface area (Å²) in [6, 6.07) is 17.1. The third-order valence-corrected chi connectivity index (χ3v) is 6.17. The molecule has 8 nitrogen and oxygen atoms in total. The summed E-state index contributed by atoms with van der Waals surface area (Å²) < 4.78 is 10.5. The van der Waals surface area contributed by atoms with E-state index in [1.807, 2.05) is 13.0 Å². The van der Waals surface area contributed by atoms with E-state index < -0.39 is 23.7 Å². The van der Waals surface area contributed by atoms with Crippen molar-refractivity contribution in [2.24, 2.45) is 0 Å². The SMILES string of the molecule is COc1cc(C)c(/C(O)=C2\C(=O)C(=O)N(c3ccc(C#N)cc3)C2c2ccc(OC(C)=O)cc2)cc1C. The number of carbonyl (C=O) groups is 3. The summed E-state index contributed by atoms with van der Waals surface area (Å²) >= 11 is 0. The number of benzene rings is 3. The summed E-state index contributed by atoms with van der Waals surface area (Å²) in [5.41, 5.74) is 3.03. The van der Waals surface area contributed by atoms with Crippen LogP contribution in [0.5, 0.6) is 11.5 Å². The molecule has 37 heavy (non-hydrogen) atoms. The minimum absolute atomic E-state index is 0.0812. The normalized spacial score (nSPS) is 16.4. The van der Waals surface area contributed by atoms with Crippen LogP contribution in [0.2, 0.25) is 0 Å². The van der Waals surface area contributed by atoms with E-state index in [4.69, 9.17) is 14.7 Å². The molecule has 1 heterocycles. The summed E-state index contributed by atoms with van der Waals surface area (Å²) in [6.07, 6.45) is 0. The molecule has 8 heteroatoms. The van der Waals surface area contributed by atoms with Crippen LogP contribution in [0, 0.1) is 25.2 Å². The molecule has 1 fully saturated rings. The topological polar surface area (TPSA) is 117 Å². The van der Waals surface area contributed by atoms with Gasteiger partial charge in [0.25, 0.3) is 11.7 Å². The van der Waals surface area contributed by atoms with Gasteiger partial charge in [0.2, 0.25) is 0 Å². The Morgan fingerprint density at radius 2 is 1.65 bits per heavy atom. The van der Waals surface area contributed by atoms with Gasteiger partial charge in [0.05, 0.1) is 30.4 Å². The van der Waals surface area contributed by atoms with Gasteiger partial charge in [-0.25, -0.2) is 0 Å². The highest BCUT2D eigenvalue weighted by Crippen LogP contribution is 2.43. The first-order chi connectivity index (χ1) is 17.7. The molecule has 1 unspecified atom stereocenters. The van der Waals surface area contributed by atoms with E-state index >= 15 is 0 Å². The standard InChI is InChI=1S/C29H24N2O6/c1-16-14-24(36-4)17(2)13-23(16)27(33)25-26(20-7-11-22(12-8-20)37-18(3)32)31(29(35)28(25)34)21-9-5-19(15-30)6-10-21/h5-14,26,33H,1-4H3/b27-25+. The van der Waals surface area contributed by atoms with Crippen LogP contribution in [0.1, 0.15) is 40.8 Å².